The minimum absolute atomic E-state index is 0. The van der Waals surface area contributed by atoms with E-state index in [9.17, 15) is 36.1 Å². The molecule has 74 heavy (non-hydrogen) atoms. The standard InChI is InChI=1S/C56H64ClN5O9S2.K/c1-8-60-48-28-25-41(72(66)67)34-45(48)55(3,4)50(60)17-11-9-12-18-51-56(5,6)46-35-42(73(68,69)70)26-29-49(46)61(51)32-16-10-13-19-52(63)58-30-14-15-31-59-53(64)36-43-37(2)62(47-27-24-40(71-7)33-44(43)47)54(65)38-20-22-39(57)23-21-38;/h9,11-12,17-18,20-29,33-35H,8,10,13-16,19,30-32,36H2,1-7H3,(H3-,58,59,63,64,66,67,68,69,70);/q;+1/p-1. The van der Waals surface area contributed by atoms with E-state index in [2.05, 4.69) is 40.9 Å². The average molecular weight is 1090 g/mol. The Hall–Kier alpha value is -4.53. The number of amides is 2. The number of fused-ring (bicyclic) bond motifs is 3. The Kier molecular flexibility index (Phi) is 19.9. The molecule has 2 N–H and O–H groups in total. The van der Waals surface area contributed by atoms with Gasteiger partial charge in [-0.15, -0.1) is 0 Å². The van der Waals surface area contributed by atoms with Gasteiger partial charge in [0, 0.05) is 93.5 Å². The molecule has 2 amide bonds. The number of benzene rings is 4. The third kappa shape index (κ3) is 13.0. The molecule has 1 atom stereocenters. The van der Waals surface area contributed by atoms with Crippen LogP contribution in [0.25, 0.3) is 10.9 Å². The first-order valence-corrected chi connectivity index (χ1v) is 27.4. The van der Waals surface area contributed by atoms with Gasteiger partial charge in [-0.1, -0.05) is 43.7 Å². The van der Waals surface area contributed by atoms with E-state index in [1.807, 2.05) is 69.4 Å². The molecule has 0 fully saturated rings. The van der Waals surface area contributed by atoms with E-state index in [1.165, 1.54) is 12.1 Å². The van der Waals surface area contributed by atoms with Crippen molar-refractivity contribution in [3.63, 3.8) is 0 Å². The molecular weight excluding hydrogens is 1030 g/mol. The van der Waals surface area contributed by atoms with Crippen molar-refractivity contribution in [2.24, 2.45) is 0 Å². The number of nitrogens with one attached hydrogen (secondary N) is 2. The summed E-state index contributed by atoms with van der Waals surface area (Å²) in [5.74, 6) is 0.153. The predicted octanol–water partition coefficient (Wildman–Crippen LogP) is 6.45. The number of likely N-dealkylation sites (N-methyl/N-ethyl adjacent to an activating group) is 1. The van der Waals surface area contributed by atoms with Gasteiger partial charge < -0.3 is 29.4 Å². The second kappa shape index (κ2) is 25.1. The summed E-state index contributed by atoms with van der Waals surface area (Å²) in [7, 11) is -3.11. The zero-order chi connectivity index (χ0) is 52.8. The fraction of sp³-hybridized carbons (Fsp3) is 0.357. The molecule has 0 saturated carbocycles. The summed E-state index contributed by atoms with van der Waals surface area (Å²) in [5.41, 5.74) is 6.91. The summed E-state index contributed by atoms with van der Waals surface area (Å²) >= 11 is 3.73. The van der Waals surface area contributed by atoms with Crippen molar-refractivity contribution in [2.75, 3.05) is 38.2 Å². The van der Waals surface area contributed by atoms with Gasteiger partial charge in [0.2, 0.25) is 17.5 Å². The van der Waals surface area contributed by atoms with Crippen LogP contribution in [0.3, 0.4) is 0 Å². The zero-order valence-corrected chi connectivity index (χ0v) is 48.9. The monoisotopic (exact) mass is 1090 g/mol. The second-order valence-corrected chi connectivity index (χ2v) is 22.1. The predicted molar refractivity (Wildman–Crippen MR) is 285 cm³/mol. The number of rotatable bonds is 21. The summed E-state index contributed by atoms with van der Waals surface area (Å²) in [4.78, 5) is 41.9. The normalized spacial score (nSPS) is 15.7. The van der Waals surface area contributed by atoms with E-state index in [-0.39, 0.29) is 85.3 Å². The van der Waals surface area contributed by atoms with Crippen LogP contribution in [0.4, 0.5) is 11.4 Å². The summed E-state index contributed by atoms with van der Waals surface area (Å²) in [5, 5.41) is 7.26. The molecule has 0 spiro atoms. The fourth-order valence-electron chi connectivity index (χ4n) is 10.1. The van der Waals surface area contributed by atoms with Gasteiger partial charge in [0.15, 0.2) is 5.71 Å². The molecule has 4 aromatic carbocycles. The number of carbonyl (C=O) groups is 3. The maximum atomic E-state index is 13.7. The average Bonchev–Trinajstić information content (AvgIpc) is 3.84. The van der Waals surface area contributed by atoms with Gasteiger partial charge in [0.25, 0.3) is 5.91 Å². The molecule has 2 aliphatic rings. The Morgan fingerprint density at radius 1 is 0.838 bits per heavy atom. The number of unbranched alkanes of at least 4 members (excludes halogenated alkanes) is 3. The Morgan fingerprint density at radius 3 is 2.20 bits per heavy atom. The minimum Gasteiger partial charge on any atom is -0.768 e. The van der Waals surface area contributed by atoms with Crippen LogP contribution in [0, 0.1) is 6.92 Å². The van der Waals surface area contributed by atoms with Crippen LogP contribution in [0.2, 0.25) is 5.02 Å². The van der Waals surface area contributed by atoms with Crippen LogP contribution in [0.5, 0.6) is 5.75 Å². The summed E-state index contributed by atoms with van der Waals surface area (Å²) in [6.45, 7) is 14.3. The molecule has 1 unspecified atom stereocenters. The number of hydrogen-bond donors (Lipinski definition) is 2. The number of ether oxygens (including phenoxy) is 1. The van der Waals surface area contributed by atoms with Gasteiger partial charge in [0.05, 0.1) is 29.4 Å². The summed E-state index contributed by atoms with van der Waals surface area (Å²) in [6.07, 6.45) is 13.8. The van der Waals surface area contributed by atoms with Crippen LogP contribution in [0.1, 0.15) is 106 Å². The van der Waals surface area contributed by atoms with Gasteiger partial charge >= 0.3 is 51.4 Å². The Labute approximate surface area is 484 Å². The van der Waals surface area contributed by atoms with Crippen LogP contribution in [0.15, 0.2) is 125 Å². The molecule has 1 aromatic heterocycles. The first kappa shape index (κ1) is 58.7. The Bertz CT molecular complexity index is 3210. The second-order valence-electron chi connectivity index (χ2n) is 19.4. The van der Waals surface area contributed by atoms with E-state index in [4.69, 9.17) is 16.3 Å². The number of methoxy groups -OCH3 is 1. The van der Waals surface area contributed by atoms with E-state index in [0.29, 0.717) is 79.4 Å². The molecule has 386 valence electrons. The minimum atomic E-state index is -4.68. The Morgan fingerprint density at radius 2 is 1.54 bits per heavy atom. The topological polar surface area (TPSA) is 193 Å². The van der Waals surface area contributed by atoms with E-state index < -0.39 is 32.0 Å². The number of carbonyl (C=O) groups excluding carboxylic acids is 3. The van der Waals surface area contributed by atoms with Crippen molar-refractivity contribution < 1.29 is 96.8 Å². The fourth-order valence-corrected chi connectivity index (χ4v) is 11.1. The maximum Gasteiger partial charge on any atom is 1.00 e. The van der Waals surface area contributed by atoms with Gasteiger partial charge in [-0.2, -0.15) is 4.58 Å². The molecule has 18 heteroatoms. The summed E-state index contributed by atoms with van der Waals surface area (Å²) in [6, 6.07) is 21.9. The van der Waals surface area contributed by atoms with Crippen molar-refractivity contribution in [2.45, 2.75) is 107 Å². The van der Waals surface area contributed by atoms with E-state index in [0.717, 1.165) is 57.7 Å². The molecule has 7 rings (SSSR count). The number of halogens is 1. The smallest absolute Gasteiger partial charge is 0.768 e. The summed E-state index contributed by atoms with van der Waals surface area (Å²) < 4.78 is 69.0. The molecule has 0 aliphatic carbocycles. The quantitative estimate of drug-likeness (QED) is 0.0206. The number of nitrogens with zero attached hydrogens (tertiary/aromatic N) is 3. The van der Waals surface area contributed by atoms with Crippen LogP contribution in [-0.4, -0.2) is 87.6 Å². The molecule has 3 heterocycles. The maximum absolute atomic E-state index is 13.7. The van der Waals surface area contributed by atoms with Gasteiger partial charge in [-0.05, 0) is 154 Å². The van der Waals surface area contributed by atoms with Crippen LogP contribution < -0.4 is 71.7 Å². The third-order valence-electron chi connectivity index (χ3n) is 14.0. The van der Waals surface area contributed by atoms with Crippen LogP contribution >= 0.6 is 11.6 Å². The van der Waals surface area contributed by atoms with Crippen molar-refractivity contribution in [1.29, 1.82) is 0 Å². The first-order valence-electron chi connectivity index (χ1n) is 24.5. The molecule has 0 saturated heterocycles. The molecule has 0 radical (unpaired) electrons. The van der Waals surface area contributed by atoms with Gasteiger partial charge in [0.1, 0.15) is 22.4 Å². The van der Waals surface area contributed by atoms with E-state index in [1.54, 1.807) is 60.2 Å². The van der Waals surface area contributed by atoms with E-state index >= 15 is 0 Å². The van der Waals surface area contributed by atoms with Crippen LogP contribution in [-0.2, 0) is 48.0 Å². The SMILES string of the molecule is CCN1/C(=C/C=C/C=C/C2=[N+](CCCCCC(=O)NCCCCNC(=O)Cc3c(C)n(C(=O)c4ccc(Cl)cc4)c4ccc(OC)cc34)c3ccc(S(=O)(=O)[O-])cc3C2(C)C)C(C)(C)c2cc(S(=O)[O-])ccc21.[K+]. The van der Waals surface area contributed by atoms with Gasteiger partial charge in [-0.3, -0.25) is 23.2 Å². The largest absolute Gasteiger partial charge is 1.00 e. The number of anilines is 1. The number of aromatic nitrogens is 1. The zero-order valence-electron chi connectivity index (χ0n) is 43.4. The molecular formula is C56H63ClKN5O9S2. The third-order valence-corrected chi connectivity index (χ3v) is 15.7. The van der Waals surface area contributed by atoms with Crippen molar-refractivity contribution in [3.05, 3.63) is 148 Å². The van der Waals surface area contributed by atoms with Crippen molar-refractivity contribution in [1.82, 2.24) is 15.2 Å². The number of allylic oxidation sites excluding steroid dienone is 6. The number of hydrogen-bond acceptors (Lipinski definition) is 10. The molecule has 5 aromatic rings. The molecule has 0 bridgehead atoms. The first-order chi connectivity index (χ1) is 34.7. The van der Waals surface area contributed by atoms with Crippen molar-refractivity contribution >= 4 is 78.5 Å². The Balaban J connectivity index is 0.00000892. The van der Waals surface area contributed by atoms with Gasteiger partial charge in [-0.25, -0.2) is 8.42 Å². The van der Waals surface area contributed by atoms with Crippen molar-refractivity contribution in [3.8, 4) is 5.75 Å². The molecule has 14 nitrogen and oxygen atoms in total. The molecule has 2 aliphatic heterocycles.